The molecule has 0 aromatic heterocycles. The third-order valence-corrected chi connectivity index (χ3v) is 4.17. The first-order valence-corrected chi connectivity index (χ1v) is 7.40. The second-order valence-corrected chi connectivity index (χ2v) is 6.17. The normalized spacial score (nSPS) is 26.9. The van der Waals surface area contributed by atoms with E-state index in [1.807, 2.05) is 0 Å². The van der Waals surface area contributed by atoms with Gasteiger partial charge in [-0.1, -0.05) is 6.92 Å². The highest BCUT2D eigenvalue weighted by Gasteiger charge is 2.45. The van der Waals surface area contributed by atoms with Crippen LogP contribution in [0.5, 0.6) is 0 Å². The molecular weight excluding hydrogens is 226 g/mol. The second kappa shape index (κ2) is 6.02. The third kappa shape index (κ3) is 3.95. The molecule has 1 saturated heterocycles. The number of hydrogen-bond acceptors (Lipinski definition) is 3. The summed E-state index contributed by atoms with van der Waals surface area (Å²) in [6, 6.07) is 0. The molecule has 2 rings (SSSR count). The van der Waals surface area contributed by atoms with Crippen LogP contribution in [-0.2, 0) is 4.79 Å². The molecule has 2 fully saturated rings. The fraction of sp³-hybridized carbons (Fsp3) is 0.929. The Bertz CT molecular complexity index is 289. The van der Waals surface area contributed by atoms with Crippen LogP contribution in [0.15, 0.2) is 0 Å². The number of unbranched alkanes of at least 4 members (excludes halogenated alkanes) is 1. The zero-order chi connectivity index (χ0) is 13.0. The number of carbonyl (C=O) groups is 1. The predicted octanol–water partition coefficient (Wildman–Crippen LogP) is 1.11. The Labute approximate surface area is 110 Å². The molecule has 1 heterocycles. The van der Waals surface area contributed by atoms with Crippen LogP contribution >= 0.6 is 0 Å². The molecule has 4 nitrogen and oxygen atoms in total. The average Bonchev–Trinajstić information content (AvgIpc) is 3.08. The van der Waals surface area contributed by atoms with Crippen molar-refractivity contribution in [2.45, 2.75) is 51.0 Å². The summed E-state index contributed by atoms with van der Waals surface area (Å²) in [5.41, 5.74) is 5.31. The van der Waals surface area contributed by atoms with Crippen molar-refractivity contribution < 1.29 is 4.79 Å². The molecule has 2 aliphatic rings. The van der Waals surface area contributed by atoms with Gasteiger partial charge >= 0.3 is 0 Å². The standard InChI is InChI=1S/C14H27N3O/c1-12-5-4-10-17(11-12)9-3-2-8-16-13(18)14(15)6-7-14/h12H,2-11,15H2,1H3,(H,16,18). The molecule has 1 atom stereocenters. The van der Waals surface area contributed by atoms with Crippen molar-refractivity contribution in [1.29, 1.82) is 0 Å². The van der Waals surface area contributed by atoms with E-state index >= 15 is 0 Å². The van der Waals surface area contributed by atoms with Gasteiger partial charge in [0.1, 0.15) is 0 Å². The van der Waals surface area contributed by atoms with Crippen LogP contribution < -0.4 is 11.1 Å². The SMILES string of the molecule is CC1CCCN(CCCCNC(=O)C2(N)CC2)C1. The van der Waals surface area contributed by atoms with Gasteiger partial charge in [0.05, 0.1) is 5.54 Å². The number of piperidine rings is 1. The van der Waals surface area contributed by atoms with E-state index in [9.17, 15) is 4.79 Å². The molecule has 1 amide bonds. The minimum Gasteiger partial charge on any atom is -0.355 e. The summed E-state index contributed by atoms with van der Waals surface area (Å²) in [5.74, 6) is 0.902. The van der Waals surface area contributed by atoms with Gasteiger partial charge in [-0.05, 0) is 57.5 Å². The molecule has 0 spiro atoms. The summed E-state index contributed by atoms with van der Waals surface area (Å²) in [4.78, 5) is 14.1. The van der Waals surface area contributed by atoms with Crippen molar-refractivity contribution in [3.63, 3.8) is 0 Å². The topological polar surface area (TPSA) is 58.4 Å². The van der Waals surface area contributed by atoms with Gasteiger partial charge < -0.3 is 16.0 Å². The Hall–Kier alpha value is -0.610. The lowest BCUT2D eigenvalue weighted by atomic mass is 10.0. The van der Waals surface area contributed by atoms with E-state index in [0.717, 1.165) is 31.7 Å². The minimum atomic E-state index is -0.512. The van der Waals surface area contributed by atoms with Crippen molar-refractivity contribution in [2.24, 2.45) is 11.7 Å². The molecule has 1 saturated carbocycles. The van der Waals surface area contributed by atoms with Crippen molar-refractivity contribution >= 4 is 5.91 Å². The minimum absolute atomic E-state index is 0.0501. The summed E-state index contributed by atoms with van der Waals surface area (Å²) < 4.78 is 0. The highest BCUT2D eigenvalue weighted by molar-refractivity contribution is 5.88. The molecule has 0 radical (unpaired) electrons. The summed E-state index contributed by atoms with van der Waals surface area (Å²) in [7, 11) is 0. The van der Waals surface area contributed by atoms with Crippen LogP contribution in [0.2, 0.25) is 0 Å². The largest absolute Gasteiger partial charge is 0.355 e. The van der Waals surface area contributed by atoms with Gasteiger partial charge in [0, 0.05) is 13.1 Å². The van der Waals surface area contributed by atoms with Crippen LogP contribution in [0.3, 0.4) is 0 Å². The predicted molar refractivity (Wildman–Crippen MR) is 73.2 cm³/mol. The first-order valence-electron chi connectivity index (χ1n) is 7.40. The second-order valence-electron chi connectivity index (χ2n) is 6.17. The van der Waals surface area contributed by atoms with E-state index in [1.54, 1.807) is 0 Å². The van der Waals surface area contributed by atoms with E-state index < -0.39 is 5.54 Å². The molecule has 1 aliphatic heterocycles. The summed E-state index contributed by atoms with van der Waals surface area (Å²) in [6.07, 6.45) is 6.66. The number of amides is 1. The Kier molecular flexibility index (Phi) is 4.62. The molecule has 4 heteroatoms. The molecule has 104 valence electrons. The maximum atomic E-state index is 11.6. The van der Waals surface area contributed by atoms with Gasteiger partial charge in [0.2, 0.25) is 5.91 Å². The van der Waals surface area contributed by atoms with Gasteiger partial charge in [-0.2, -0.15) is 0 Å². The van der Waals surface area contributed by atoms with Crippen LogP contribution in [0, 0.1) is 5.92 Å². The van der Waals surface area contributed by atoms with Crippen LogP contribution in [0.1, 0.15) is 45.4 Å². The number of carbonyl (C=O) groups excluding carboxylic acids is 1. The fourth-order valence-corrected chi connectivity index (χ4v) is 2.69. The number of hydrogen-bond donors (Lipinski definition) is 2. The molecule has 1 unspecified atom stereocenters. The van der Waals surface area contributed by atoms with E-state index in [1.165, 1.54) is 38.9 Å². The molecule has 0 aromatic rings. The Morgan fingerprint density at radius 1 is 1.44 bits per heavy atom. The van der Waals surface area contributed by atoms with Crippen LogP contribution in [0.25, 0.3) is 0 Å². The number of nitrogens with two attached hydrogens (primary N) is 1. The van der Waals surface area contributed by atoms with Gasteiger partial charge in [-0.3, -0.25) is 4.79 Å². The molecule has 3 N–H and O–H groups in total. The first-order chi connectivity index (χ1) is 8.60. The average molecular weight is 253 g/mol. The van der Waals surface area contributed by atoms with Crippen molar-refractivity contribution in [3.8, 4) is 0 Å². The summed E-state index contributed by atoms with van der Waals surface area (Å²) in [5, 5.41) is 2.95. The molecule has 18 heavy (non-hydrogen) atoms. The van der Waals surface area contributed by atoms with Crippen molar-refractivity contribution in [3.05, 3.63) is 0 Å². The van der Waals surface area contributed by atoms with Gasteiger partial charge in [-0.15, -0.1) is 0 Å². The zero-order valence-electron chi connectivity index (χ0n) is 11.6. The Morgan fingerprint density at radius 2 is 2.22 bits per heavy atom. The quantitative estimate of drug-likeness (QED) is 0.697. The number of nitrogens with one attached hydrogen (secondary N) is 1. The monoisotopic (exact) mass is 253 g/mol. The summed E-state index contributed by atoms with van der Waals surface area (Å²) in [6.45, 7) is 6.79. The van der Waals surface area contributed by atoms with Gasteiger partial charge in [0.25, 0.3) is 0 Å². The molecule has 0 aromatic carbocycles. The van der Waals surface area contributed by atoms with Gasteiger partial charge in [0.15, 0.2) is 0 Å². The van der Waals surface area contributed by atoms with Crippen molar-refractivity contribution in [2.75, 3.05) is 26.2 Å². The summed E-state index contributed by atoms with van der Waals surface area (Å²) >= 11 is 0. The van der Waals surface area contributed by atoms with Gasteiger partial charge in [-0.25, -0.2) is 0 Å². The maximum Gasteiger partial charge on any atom is 0.240 e. The molecule has 1 aliphatic carbocycles. The lowest BCUT2D eigenvalue weighted by molar-refractivity contribution is -0.123. The fourth-order valence-electron chi connectivity index (χ4n) is 2.69. The zero-order valence-corrected chi connectivity index (χ0v) is 11.6. The first kappa shape index (κ1) is 13.8. The van der Waals surface area contributed by atoms with Crippen LogP contribution in [-0.4, -0.2) is 42.5 Å². The van der Waals surface area contributed by atoms with Crippen molar-refractivity contribution in [1.82, 2.24) is 10.2 Å². The molecular formula is C14H27N3O. The Morgan fingerprint density at radius 3 is 2.89 bits per heavy atom. The number of likely N-dealkylation sites (tertiary alicyclic amines) is 1. The Balaban J connectivity index is 1.49. The third-order valence-electron chi connectivity index (χ3n) is 4.17. The lowest BCUT2D eigenvalue weighted by Gasteiger charge is -2.30. The lowest BCUT2D eigenvalue weighted by Crippen LogP contribution is -2.43. The van der Waals surface area contributed by atoms with E-state index in [0.29, 0.717) is 0 Å². The maximum absolute atomic E-state index is 11.6. The van der Waals surface area contributed by atoms with E-state index in [-0.39, 0.29) is 5.91 Å². The highest BCUT2D eigenvalue weighted by Crippen LogP contribution is 2.31. The van der Waals surface area contributed by atoms with E-state index in [4.69, 9.17) is 5.73 Å². The molecule has 0 bridgehead atoms. The highest BCUT2D eigenvalue weighted by atomic mass is 16.2. The van der Waals surface area contributed by atoms with Crippen LogP contribution in [0.4, 0.5) is 0 Å². The number of nitrogens with zero attached hydrogens (tertiary/aromatic N) is 1. The number of rotatable bonds is 6. The van der Waals surface area contributed by atoms with E-state index in [2.05, 4.69) is 17.1 Å². The smallest absolute Gasteiger partial charge is 0.240 e.